The molecule has 0 atom stereocenters. The summed E-state index contributed by atoms with van der Waals surface area (Å²) in [6, 6.07) is 6.44. The summed E-state index contributed by atoms with van der Waals surface area (Å²) in [6.07, 6.45) is 4.67. The lowest BCUT2D eigenvalue weighted by Crippen LogP contribution is -2.40. The first-order valence-corrected chi connectivity index (χ1v) is 8.13. The van der Waals surface area contributed by atoms with E-state index in [1.165, 1.54) is 18.4 Å². The fourth-order valence-electron chi connectivity index (χ4n) is 2.62. The molecule has 0 spiro atoms. The van der Waals surface area contributed by atoms with Crippen molar-refractivity contribution < 1.29 is 4.79 Å². The zero-order chi connectivity index (χ0) is 14.5. The fraction of sp³-hybridized carbons (Fsp3) is 0.562. The topological polar surface area (TPSA) is 41.1 Å². The fourth-order valence-corrected chi connectivity index (χ4v) is 3.26. The van der Waals surface area contributed by atoms with Crippen LogP contribution >= 0.6 is 15.9 Å². The van der Waals surface area contributed by atoms with E-state index in [-0.39, 0.29) is 5.91 Å². The molecule has 110 valence electrons. The van der Waals surface area contributed by atoms with Crippen molar-refractivity contribution in [3.05, 3.63) is 28.2 Å². The molecular formula is C16H23BrN2O. The summed E-state index contributed by atoms with van der Waals surface area (Å²) in [5, 5.41) is 6.30. The zero-order valence-electron chi connectivity index (χ0n) is 12.2. The first kappa shape index (κ1) is 15.4. The second-order valence-corrected chi connectivity index (χ2v) is 6.72. The van der Waals surface area contributed by atoms with Crippen LogP contribution in [-0.4, -0.2) is 18.5 Å². The molecule has 1 saturated carbocycles. The Morgan fingerprint density at radius 1 is 1.30 bits per heavy atom. The van der Waals surface area contributed by atoms with E-state index in [4.69, 9.17) is 0 Å². The van der Waals surface area contributed by atoms with Gasteiger partial charge in [0.25, 0.3) is 0 Å². The van der Waals surface area contributed by atoms with Crippen LogP contribution < -0.4 is 10.6 Å². The van der Waals surface area contributed by atoms with Crippen molar-refractivity contribution in [2.45, 2.75) is 45.6 Å². The van der Waals surface area contributed by atoms with E-state index in [1.807, 2.05) is 25.1 Å². The molecule has 1 aliphatic rings. The molecule has 20 heavy (non-hydrogen) atoms. The molecule has 0 aromatic heterocycles. The summed E-state index contributed by atoms with van der Waals surface area (Å²) in [5.74, 6) is 0.891. The van der Waals surface area contributed by atoms with Crippen LogP contribution in [0.25, 0.3) is 0 Å². The van der Waals surface area contributed by atoms with Crippen LogP contribution in [0.1, 0.15) is 38.2 Å². The lowest BCUT2D eigenvalue weighted by atomic mass is 9.87. The van der Waals surface area contributed by atoms with E-state index in [2.05, 4.69) is 33.5 Å². The monoisotopic (exact) mass is 338 g/mol. The molecule has 1 fully saturated rings. The molecule has 1 aromatic carbocycles. The van der Waals surface area contributed by atoms with Gasteiger partial charge < -0.3 is 10.6 Å². The molecule has 2 rings (SSSR count). The number of anilines is 1. The molecule has 1 aliphatic carbocycles. The molecule has 1 amide bonds. The minimum Gasteiger partial charge on any atom is -0.375 e. The second kappa shape index (κ2) is 7.11. The number of carbonyl (C=O) groups is 1. The van der Waals surface area contributed by atoms with E-state index >= 15 is 0 Å². The largest absolute Gasteiger partial charge is 0.375 e. The van der Waals surface area contributed by atoms with Crippen molar-refractivity contribution in [1.29, 1.82) is 0 Å². The highest BCUT2D eigenvalue weighted by molar-refractivity contribution is 9.10. The average molecular weight is 339 g/mol. The van der Waals surface area contributed by atoms with Crippen molar-refractivity contribution in [3.8, 4) is 0 Å². The van der Waals surface area contributed by atoms with Crippen LogP contribution in [0.4, 0.5) is 5.69 Å². The molecule has 2 N–H and O–H groups in total. The normalized spacial score (nSPS) is 22.4. The number of halogens is 1. The minimum atomic E-state index is 0.0806. The number of rotatable bonds is 4. The molecule has 0 radical (unpaired) electrons. The maximum absolute atomic E-state index is 12.0. The Balaban J connectivity index is 1.77. The first-order chi connectivity index (χ1) is 9.54. The Hall–Kier alpha value is -1.03. The highest BCUT2D eigenvalue weighted by atomic mass is 79.9. The molecule has 4 heteroatoms. The molecule has 3 nitrogen and oxygen atoms in total. The van der Waals surface area contributed by atoms with E-state index in [9.17, 15) is 4.79 Å². The Bertz CT molecular complexity index is 468. The molecular weight excluding hydrogens is 316 g/mol. The molecule has 0 heterocycles. The van der Waals surface area contributed by atoms with Gasteiger partial charge in [-0.05, 0) is 72.2 Å². The Morgan fingerprint density at radius 2 is 2.00 bits per heavy atom. The molecule has 0 aliphatic heterocycles. The lowest BCUT2D eigenvalue weighted by Gasteiger charge is -2.27. The summed E-state index contributed by atoms with van der Waals surface area (Å²) < 4.78 is 0.997. The van der Waals surface area contributed by atoms with Crippen molar-refractivity contribution >= 4 is 27.5 Å². The van der Waals surface area contributed by atoms with Gasteiger partial charge in [0.15, 0.2) is 0 Å². The molecule has 0 bridgehead atoms. The third-order valence-electron chi connectivity index (χ3n) is 3.94. The Kier molecular flexibility index (Phi) is 5.46. The number of hydrogen-bond acceptors (Lipinski definition) is 2. The number of carbonyl (C=O) groups excluding carboxylic acids is 1. The summed E-state index contributed by atoms with van der Waals surface area (Å²) in [6.45, 7) is 4.66. The number of hydrogen-bond donors (Lipinski definition) is 2. The van der Waals surface area contributed by atoms with Gasteiger partial charge in [-0.3, -0.25) is 4.79 Å². The Labute approximate surface area is 129 Å². The van der Waals surface area contributed by atoms with Gasteiger partial charge in [-0.25, -0.2) is 0 Å². The van der Waals surface area contributed by atoms with Gasteiger partial charge in [-0.15, -0.1) is 0 Å². The number of benzene rings is 1. The maximum atomic E-state index is 12.0. The van der Waals surface area contributed by atoms with Crippen LogP contribution in [0.3, 0.4) is 0 Å². The smallest absolute Gasteiger partial charge is 0.239 e. The summed E-state index contributed by atoms with van der Waals surface area (Å²) in [5.41, 5.74) is 2.16. The van der Waals surface area contributed by atoms with Gasteiger partial charge in [-0.1, -0.05) is 13.0 Å². The minimum absolute atomic E-state index is 0.0806. The highest BCUT2D eigenvalue weighted by Crippen LogP contribution is 2.24. The predicted molar refractivity (Wildman–Crippen MR) is 86.9 cm³/mol. The van der Waals surface area contributed by atoms with Crippen LogP contribution in [0.2, 0.25) is 0 Å². The number of aryl methyl sites for hydroxylation is 1. The Morgan fingerprint density at radius 3 is 2.65 bits per heavy atom. The summed E-state index contributed by atoms with van der Waals surface area (Å²) in [4.78, 5) is 12.0. The standard InChI is InChI=1S/C16H23BrN2O/c1-11-3-6-13(7-4-11)19-16(20)10-18-15-8-5-12(2)9-14(15)17/h5,8-9,11,13,18H,3-4,6-7,10H2,1-2H3,(H,19,20). The van der Waals surface area contributed by atoms with E-state index in [0.717, 1.165) is 28.9 Å². The quantitative estimate of drug-likeness (QED) is 0.874. The van der Waals surface area contributed by atoms with Crippen molar-refractivity contribution in [3.63, 3.8) is 0 Å². The van der Waals surface area contributed by atoms with Gasteiger partial charge in [0, 0.05) is 16.2 Å². The molecule has 0 unspecified atom stereocenters. The van der Waals surface area contributed by atoms with Crippen molar-refractivity contribution in [1.82, 2.24) is 5.32 Å². The molecule has 1 aromatic rings. The van der Waals surface area contributed by atoms with E-state index in [0.29, 0.717) is 12.6 Å². The maximum Gasteiger partial charge on any atom is 0.239 e. The third-order valence-corrected chi connectivity index (χ3v) is 4.60. The number of nitrogens with one attached hydrogen (secondary N) is 2. The van der Waals surface area contributed by atoms with Gasteiger partial charge in [0.2, 0.25) is 5.91 Å². The zero-order valence-corrected chi connectivity index (χ0v) is 13.8. The summed E-state index contributed by atoms with van der Waals surface area (Å²) in [7, 11) is 0. The van der Waals surface area contributed by atoms with Crippen LogP contribution in [0.15, 0.2) is 22.7 Å². The van der Waals surface area contributed by atoms with Crippen molar-refractivity contribution in [2.24, 2.45) is 5.92 Å². The third kappa shape index (κ3) is 4.51. The van der Waals surface area contributed by atoms with Gasteiger partial charge in [-0.2, -0.15) is 0 Å². The van der Waals surface area contributed by atoms with Crippen molar-refractivity contribution in [2.75, 3.05) is 11.9 Å². The molecule has 0 saturated heterocycles. The SMILES string of the molecule is Cc1ccc(NCC(=O)NC2CCC(C)CC2)c(Br)c1. The van der Waals surface area contributed by atoms with Gasteiger partial charge in [0.1, 0.15) is 0 Å². The van der Waals surface area contributed by atoms with Crippen LogP contribution in [-0.2, 0) is 4.79 Å². The van der Waals surface area contributed by atoms with Gasteiger partial charge >= 0.3 is 0 Å². The van der Waals surface area contributed by atoms with Crippen LogP contribution in [0.5, 0.6) is 0 Å². The highest BCUT2D eigenvalue weighted by Gasteiger charge is 2.19. The van der Waals surface area contributed by atoms with Gasteiger partial charge in [0.05, 0.1) is 6.54 Å². The van der Waals surface area contributed by atoms with E-state index in [1.54, 1.807) is 0 Å². The average Bonchev–Trinajstić information content (AvgIpc) is 2.40. The second-order valence-electron chi connectivity index (χ2n) is 5.86. The van der Waals surface area contributed by atoms with Crippen LogP contribution in [0, 0.1) is 12.8 Å². The lowest BCUT2D eigenvalue weighted by molar-refractivity contribution is -0.120. The predicted octanol–water partition coefficient (Wildman–Crippen LogP) is 3.86. The summed E-state index contributed by atoms with van der Waals surface area (Å²) >= 11 is 3.51. The first-order valence-electron chi connectivity index (χ1n) is 7.34. The van der Waals surface area contributed by atoms with E-state index < -0.39 is 0 Å². The number of amides is 1.